The number of nitrogens with zero attached hydrogens (tertiary/aromatic N) is 1. The maximum absolute atomic E-state index is 12.6. The van der Waals surface area contributed by atoms with Crippen LogP contribution in [-0.4, -0.2) is 65.4 Å². The van der Waals surface area contributed by atoms with Gasteiger partial charge in [-0.1, -0.05) is 6.42 Å². The van der Waals surface area contributed by atoms with E-state index in [1.54, 1.807) is 0 Å². The molecular formula is C20H24N2O8S. The number of phenolic OH excluding ortho intramolecular Hbond substituents is 1. The first-order valence-electron chi connectivity index (χ1n) is 9.45. The number of carbonyl (C=O) groups excluding carboxylic acids is 3. The molecule has 0 radical (unpaired) electrons. The molecule has 1 fully saturated rings. The number of carboxylic acid groups (broad SMARTS) is 1. The first-order chi connectivity index (χ1) is 14.8. The predicted molar refractivity (Wildman–Crippen MR) is 113 cm³/mol. The van der Waals surface area contributed by atoms with Gasteiger partial charge in [-0.3, -0.25) is 24.1 Å². The van der Waals surface area contributed by atoms with Crippen LogP contribution in [0.4, 0.5) is 4.79 Å². The van der Waals surface area contributed by atoms with Crippen LogP contribution in [0, 0.1) is 0 Å². The van der Waals surface area contributed by atoms with Crippen LogP contribution in [0.2, 0.25) is 0 Å². The van der Waals surface area contributed by atoms with Crippen molar-refractivity contribution >= 4 is 40.9 Å². The van der Waals surface area contributed by atoms with Crippen LogP contribution in [0.5, 0.6) is 17.2 Å². The second kappa shape index (κ2) is 11.3. The molecule has 1 aliphatic rings. The molecule has 1 aromatic rings. The molecule has 168 valence electrons. The predicted octanol–water partition coefficient (Wildman–Crippen LogP) is 2.21. The molecular weight excluding hydrogens is 428 g/mol. The fourth-order valence-electron chi connectivity index (χ4n) is 2.79. The van der Waals surface area contributed by atoms with Crippen molar-refractivity contribution in [2.24, 2.45) is 0 Å². The molecule has 0 saturated carbocycles. The van der Waals surface area contributed by atoms with Crippen molar-refractivity contribution in [1.29, 1.82) is 0 Å². The van der Waals surface area contributed by atoms with Gasteiger partial charge in [0.1, 0.15) is 6.54 Å². The van der Waals surface area contributed by atoms with Gasteiger partial charge in [0, 0.05) is 13.0 Å². The maximum Gasteiger partial charge on any atom is 0.303 e. The van der Waals surface area contributed by atoms with E-state index in [4.69, 9.17) is 14.6 Å². The highest BCUT2D eigenvalue weighted by Gasteiger charge is 2.36. The highest BCUT2D eigenvalue weighted by molar-refractivity contribution is 8.18. The van der Waals surface area contributed by atoms with Crippen molar-refractivity contribution in [3.05, 3.63) is 22.6 Å². The molecule has 2 rings (SSSR count). The molecule has 3 amide bonds. The quantitative estimate of drug-likeness (QED) is 0.340. The number of ether oxygens (including phenoxy) is 2. The minimum atomic E-state index is -0.861. The van der Waals surface area contributed by atoms with Gasteiger partial charge >= 0.3 is 5.97 Å². The Morgan fingerprint density at radius 3 is 2.35 bits per heavy atom. The number of thioether (sulfide) groups is 1. The Hall–Kier alpha value is -3.21. The Morgan fingerprint density at radius 2 is 1.77 bits per heavy atom. The first kappa shape index (κ1) is 24.1. The van der Waals surface area contributed by atoms with Crippen molar-refractivity contribution < 1.29 is 38.9 Å². The highest BCUT2D eigenvalue weighted by atomic mass is 32.2. The second-order valence-corrected chi connectivity index (χ2v) is 7.59. The summed E-state index contributed by atoms with van der Waals surface area (Å²) in [5.41, 5.74) is 0.475. The van der Waals surface area contributed by atoms with Crippen LogP contribution in [0.1, 0.15) is 31.2 Å². The topological polar surface area (TPSA) is 142 Å². The molecule has 31 heavy (non-hydrogen) atoms. The Morgan fingerprint density at radius 1 is 1.13 bits per heavy atom. The van der Waals surface area contributed by atoms with E-state index in [1.165, 1.54) is 32.4 Å². The SMILES string of the molecule is COc1cc(/C=C2\SC(=O)N(CC(=O)NCCCCCC(=O)O)C2=O)cc(OC)c1O. The Balaban J connectivity index is 1.96. The van der Waals surface area contributed by atoms with Gasteiger partial charge < -0.3 is 25.0 Å². The van der Waals surface area contributed by atoms with E-state index in [2.05, 4.69) is 5.32 Å². The largest absolute Gasteiger partial charge is 0.502 e. The van der Waals surface area contributed by atoms with Gasteiger partial charge in [0.2, 0.25) is 11.7 Å². The molecule has 0 aliphatic carbocycles. The number of amides is 3. The van der Waals surface area contributed by atoms with Crippen LogP contribution in [0.3, 0.4) is 0 Å². The molecule has 0 atom stereocenters. The Labute approximate surface area is 183 Å². The lowest BCUT2D eigenvalue weighted by Gasteiger charge is -2.12. The van der Waals surface area contributed by atoms with Gasteiger partial charge in [0.25, 0.3) is 11.1 Å². The Bertz CT molecular complexity index is 874. The molecule has 1 heterocycles. The van der Waals surface area contributed by atoms with Gasteiger partial charge in [0.05, 0.1) is 19.1 Å². The van der Waals surface area contributed by atoms with Crippen LogP contribution >= 0.6 is 11.8 Å². The standard InChI is InChI=1S/C20H24N2O8S/c1-29-13-8-12(9-14(30-2)18(13)26)10-15-19(27)22(20(28)31-15)11-16(23)21-7-5-3-4-6-17(24)25/h8-10,26H,3-7,11H2,1-2H3,(H,21,23)(H,24,25)/b15-10-. The van der Waals surface area contributed by atoms with Crippen molar-refractivity contribution in [3.8, 4) is 17.2 Å². The second-order valence-electron chi connectivity index (χ2n) is 6.60. The summed E-state index contributed by atoms with van der Waals surface area (Å²) >= 11 is 0.706. The van der Waals surface area contributed by atoms with E-state index in [0.29, 0.717) is 43.1 Å². The fourth-order valence-corrected chi connectivity index (χ4v) is 3.63. The molecule has 1 saturated heterocycles. The lowest BCUT2D eigenvalue weighted by atomic mass is 10.1. The number of aromatic hydroxyl groups is 1. The zero-order chi connectivity index (χ0) is 23.0. The van der Waals surface area contributed by atoms with E-state index >= 15 is 0 Å². The number of hydrogen-bond acceptors (Lipinski definition) is 8. The summed E-state index contributed by atoms with van der Waals surface area (Å²) in [6.45, 7) is -0.0725. The van der Waals surface area contributed by atoms with Gasteiger partial charge in [-0.05, 0) is 48.4 Å². The van der Waals surface area contributed by atoms with E-state index in [0.717, 1.165) is 4.90 Å². The summed E-state index contributed by atoms with van der Waals surface area (Å²) in [6, 6.07) is 2.98. The summed E-state index contributed by atoms with van der Waals surface area (Å²) in [5, 5.41) is 20.6. The van der Waals surface area contributed by atoms with E-state index < -0.39 is 29.6 Å². The molecule has 11 heteroatoms. The van der Waals surface area contributed by atoms with E-state index in [9.17, 15) is 24.3 Å². The number of benzene rings is 1. The van der Waals surface area contributed by atoms with E-state index in [1.807, 2.05) is 0 Å². The average molecular weight is 452 g/mol. The third-order valence-corrected chi connectivity index (χ3v) is 5.27. The maximum atomic E-state index is 12.6. The minimum absolute atomic E-state index is 0.0792. The number of methoxy groups -OCH3 is 2. The average Bonchev–Trinajstić information content (AvgIpc) is 2.98. The van der Waals surface area contributed by atoms with Crippen molar-refractivity contribution in [2.75, 3.05) is 27.3 Å². The zero-order valence-electron chi connectivity index (χ0n) is 17.2. The number of carbonyl (C=O) groups is 4. The number of unbranched alkanes of at least 4 members (excludes halogenated alkanes) is 2. The van der Waals surface area contributed by atoms with Crippen molar-refractivity contribution in [1.82, 2.24) is 10.2 Å². The van der Waals surface area contributed by atoms with E-state index in [-0.39, 0.29) is 28.6 Å². The molecule has 0 bridgehead atoms. The highest BCUT2D eigenvalue weighted by Crippen LogP contribution is 2.39. The van der Waals surface area contributed by atoms with Gasteiger partial charge in [-0.15, -0.1) is 0 Å². The summed E-state index contributed by atoms with van der Waals surface area (Å²) in [7, 11) is 2.74. The van der Waals surface area contributed by atoms with Gasteiger partial charge in [-0.2, -0.15) is 0 Å². The van der Waals surface area contributed by atoms with Crippen LogP contribution in [-0.2, 0) is 14.4 Å². The number of hydrogen-bond donors (Lipinski definition) is 3. The summed E-state index contributed by atoms with van der Waals surface area (Å²) in [5.74, 6) is -1.83. The van der Waals surface area contributed by atoms with Gasteiger partial charge in [0.15, 0.2) is 11.5 Å². The fraction of sp³-hybridized carbons (Fsp3) is 0.400. The molecule has 0 unspecified atom stereocenters. The summed E-state index contributed by atoms with van der Waals surface area (Å²) in [6.07, 6.45) is 3.30. The van der Waals surface area contributed by atoms with Crippen molar-refractivity contribution in [3.63, 3.8) is 0 Å². The lowest BCUT2D eigenvalue weighted by Crippen LogP contribution is -2.39. The lowest BCUT2D eigenvalue weighted by molar-refractivity contribution is -0.137. The van der Waals surface area contributed by atoms with Crippen molar-refractivity contribution in [2.45, 2.75) is 25.7 Å². The number of aliphatic carboxylic acids is 1. The van der Waals surface area contributed by atoms with Crippen LogP contribution in [0.25, 0.3) is 6.08 Å². The third-order valence-electron chi connectivity index (χ3n) is 4.36. The monoisotopic (exact) mass is 452 g/mol. The zero-order valence-corrected chi connectivity index (χ0v) is 18.0. The first-order valence-corrected chi connectivity index (χ1v) is 10.3. The van der Waals surface area contributed by atoms with Gasteiger partial charge in [-0.25, -0.2) is 0 Å². The van der Waals surface area contributed by atoms with Crippen LogP contribution in [0.15, 0.2) is 17.0 Å². The molecule has 1 aliphatic heterocycles. The molecule has 1 aromatic carbocycles. The number of imide groups is 1. The Kier molecular flexibility index (Phi) is 8.74. The molecule has 3 N–H and O–H groups in total. The summed E-state index contributed by atoms with van der Waals surface area (Å²) < 4.78 is 10.2. The number of rotatable bonds is 11. The number of carboxylic acids is 1. The summed E-state index contributed by atoms with van der Waals surface area (Å²) in [4.78, 5) is 48.3. The molecule has 0 spiro atoms. The number of phenols is 1. The normalized spacial score (nSPS) is 14.8. The van der Waals surface area contributed by atoms with Crippen LogP contribution < -0.4 is 14.8 Å². The molecule has 10 nitrogen and oxygen atoms in total. The smallest absolute Gasteiger partial charge is 0.303 e. The minimum Gasteiger partial charge on any atom is -0.502 e. The number of nitrogens with one attached hydrogen (secondary N) is 1. The molecule has 0 aromatic heterocycles. The third kappa shape index (κ3) is 6.64.